The largest absolute Gasteiger partial charge is 0.496 e. The molecule has 2 amide bonds. The van der Waals surface area contributed by atoms with Gasteiger partial charge in [-0.15, -0.1) is 0 Å². The SMILES string of the molecule is COc1cc(-c2c3c(C#N)cc(-c4cnn(CC(=O)N5CCC(F)(F)C5)c4)cc3nn2C)cc(OC(F)F)c1C(=O)NCC1(F)CC1. The van der Waals surface area contributed by atoms with E-state index in [1.54, 1.807) is 25.4 Å². The van der Waals surface area contributed by atoms with Crippen LogP contribution < -0.4 is 14.8 Å². The smallest absolute Gasteiger partial charge is 0.387 e. The molecule has 1 aliphatic carbocycles. The van der Waals surface area contributed by atoms with E-state index >= 15 is 0 Å². The summed E-state index contributed by atoms with van der Waals surface area (Å²) in [5, 5.41) is 21.6. The lowest BCUT2D eigenvalue weighted by Gasteiger charge is -2.17. The van der Waals surface area contributed by atoms with Gasteiger partial charge in [0.25, 0.3) is 11.8 Å². The van der Waals surface area contributed by atoms with Crippen molar-refractivity contribution in [2.45, 2.75) is 44.0 Å². The van der Waals surface area contributed by atoms with Gasteiger partial charge in [-0.1, -0.05) is 0 Å². The van der Waals surface area contributed by atoms with Crippen LogP contribution in [0.4, 0.5) is 22.0 Å². The van der Waals surface area contributed by atoms with E-state index in [0.717, 1.165) is 4.90 Å². The zero-order valence-corrected chi connectivity index (χ0v) is 25.2. The Morgan fingerprint density at radius 3 is 2.47 bits per heavy atom. The van der Waals surface area contributed by atoms with E-state index in [0.29, 0.717) is 27.7 Å². The number of hydrogen-bond donors (Lipinski definition) is 1. The van der Waals surface area contributed by atoms with Crippen molar-refractivity contribution >= 4 is 22.7 Å². The van der Waals surface area contributed by atoms with E-state index in [1.807, 2.05) is 0 Å². The fraction of sp³-hybridized carbons (Fsp3) is 0.387. The Bertz CT molecular complexity index is 1930. The lowest BCUT2D eigenvalue weighted by molar-refractivity contribution is -0.132. The van der Waals surface area contributed by atoms with Gasteiger partial charge in [-0.3, -0.25) is 19.0 Å². The highest BCUT2D eigenvalue weighted by Gasteiger charge is 2.43. The van der Waals surface area contributed by atoms with Crippen LogP contribution in [0.1, 0.15) is 35.2 Å². The van der Waals surface area contributed by atoms with E-state index in [9.17, 15) is 36.8 Å². The molecule has 6 rings (SSSR count). The van der Waals surface area contributed by atoms with Gasteiger partial charge < -0.3 is 19.7 Å². The van der Waals surface area contributed by atoms with E-state index < -0.39 is 42.3 Å². The molecule has 246 valence electrons. The molecule has 11 nitrogen and oxygen atoms in total. The Labute approximate surface area is 264 Å². The minimum atomic E-state index is -3.30. The van der Waals surface area contributed by atoms with Crippen molar-refractivity contribution < 1.29 is 41.0 Å². The third kappa shape index (κ3) is 6.42. The summed E-state index contributed by atoms with van der Waals surface area (Å²) in [4.78, 5) is 26.6. The molecule has 2 fully saturated rings. The topological polar surface area (TPSA) is 127 Å². The molecule has 1 saturated heterocycles. The molecule has 3 heterocycles. The van der Waals surface area contributed by atoms with Crippen LogP contribution in [0.25, 0.3) is 33.3 Å². The number of benzene rings is 2. The Kier molecular flexibility index (Phi) is 8.02. The monoisotopic (exact) mass is 657 g/mol. The van der Waals surface area contributed by atoms with Gasteiger partial charge in [-0.25, -0.2) is 13.2 Å². The first-order valence-corrected chi connectivity index (χ1v) is 14.5. The molecular formula is C31H28F5N7O4. The van der Waals surface area contributed by atoms with Crippen molar-refractivity contribution in [3.63, 3.8) is 0 Å². The number of nitrogens with one attached hydrogen (secondary N) is 1. The summed E-state index contributed by atoms with van der Waals surface area (Å²) in [6, 6.07) is 7.99. The molecule has 1 N–H and O–H groups in total. The highest BCUT2D eigenvalue weighted by Crippen LogP contribution is 2.41. The second-order valence-corrected chi connectivity index (χ2v) is 11.6. The van der Waals surface area contributed by atoms with E-state index in [2.05, 4.69) is 21.6 Å². The van der Waals surface area contributed by atoms with E-state index in [4.69, 9.17) is 9.47 Å². The summed E-state index contributed by atoms with van der Waals surface area (Å²) in [6.45, 7) is -4.52. The summed E-state index contributed by atoms with van der Waals surface area (Å²) in [7, 11) is 2.82. The van der Waals surface area contributed by atoms with Crippen molar-refractivity contribution in [1.29, 1.82) is 5.26 Å². The summed E-state index contributed by atoms with van der Waals surface area (Å²) < 4.78 is 81.2. The number of carbonyl (C=O) groups excluding carboxylic acids is 2. The van der Waals surface area contributed by atoms with Gasteiger partial charge in [0, 0.05) is 42.7 Å². The van der Waals surface area contributed by atoms with Crippen molar-refractivity contribution in [1.82, 2.24) is 29.8 Å². The number of nitrogens with zero attached hydrogens (tertiary/aromatic N) is 6. The first kappa shape index (κ1) is 31.8. The minimum Gasteiger partial charge on any atom is -0.496 e. The predicted molar refractivity (Wildman–Crippen MR) is 157 cm³/mol. The second kappa shape index (κ2) is 11.9. The Morgan fingerprint density at radius 2 is 1.83 bits per heavy atom. The van der Waals surface area contributed by atoms with Gasteiger partial charge in [-0.05, 0) is 42.7 Å². The van der Waals surface area contributed by atoms with Crippen LogP contribution in [0.5, 0.6) is 11.5 Å². The average molecular weight is 658 g/mol. The zero-order chi connectivity index (χ0) is 33.7. The molecule has 1 aliphatic heterocycles. The first-order chi connectivity index (χ1) is 22.3. The maximum absolute atomic E-state index is 14.2. The Balaban J connectivity index is 1.35. The molecule has 0 spiro atoms. The number of likely N-dealkylation sites (tertiary alicyclic amines) is 1. The van der Waals surface area contributed by atoms with E-state index in [1.165, 1.54) is 34.8 Å². The number of amides is 2. The van der Waals surface area contributed by atoms with Crippen molar-refractivity contribution in [2.75, 3.05) is 26.7 Å². The number of alkyl halides is 5. The molecule has 47 heavy (non-hydrogen) atoms. The number of nitriles is 1. The number of aryl methyl sites for hydroxylation is 1. The first-order valence-electron chi connectivity index (χ1n) is 14.5. The molecule has 0 radical (unpaired) electrons. The Hall–Kier alpha value is -5.20. The number of fused-ring (bicyclic) bond motifs is 1. The number of rotatable bonds is 10. The molecule has 0 bridgehead atoms. The normalized spacial score (nSPS) is 16.4. The zero-order valence-electron chi connectivity index (χ0n) is 25.2. The fourth-order valence-corrected chi connectivity index (χ4v) is 5.64. The molecule has 0 unspecified atom stereocenters. The highest BCUT2D eigenvalue weighted by molar-refractivity contribution is 6.03. The lowest BCUT2D eigenvalue weighted by atomic mass is 9.97. The summed E-state index contributed by atoms with van der Waals surface area (Å²) in [6.07, 6.45) is 3.19. The number of methoxy groups -OCH3 is 1. The highest BCUT2D eigenvalue weighted by atomic mass is 19.3. The molecule has 0 atom stereocenters. The summed E-state index contributed by atoms with van der Waals surface area (Å²) in [5.41, 5.74) is 0.274. The minimum absolute atomic E-state index is 0.0402. The standard InChI is InChI=1S/C31H28F5N7O4/c1-41-27(18-9-22(46-2)26(23(10-18)47-29(32)33)28(45)38-15-30(34)3-4-30)25-19(11-37)7-17(8-21(25)40-41)20-12-39-43(13-20)14-24(44)42-6-5-31(35,36)16-42/h7-10,12-13,29H,3-6,14-16H2,1-2H3,(H,38,45). The molecule has 16 heteroatoms. The van der Waals surface area contributed by atoms with Crippen LogP contribution in [0.15, 0.2) is 36.7 Å². The van der Waals surface area contributed by atoms with Crippen LogP contribution in [0.2, 0.25) is 0 Å². The molecule has 2 aliphatic rings. The number of carbonyl (C=O) groups is 2. The van der Waals surface area contributed by atoms with Gasteiger partial charge in [0.05, 0.1) is 49.2 Å². The second-order valence-electron chi connectivity index (χ2n) is 11.6. The quantitative estimate of drug-likeness (QED) is 0.245. The van der Waals surface area contributed by atoms with Crippen LogP contribution in [0.3, 0.4) is 0 Å². The maximum Gasteiger partial charge on any atom is 0.387 e. The third-order valence-corrected chi connectivity index (χ3v) is 8.20. The fourth-order valence-electron chi connectivity index (χ4n) is 5.64. The van der Waals surface area contributed by atoms with Gasteiger partial charge in [0.2, 0.25) is 5.91 Å². The van der Waals surface area contributed by atoms with Gasteiger partial charge in [0.15, 0.2) is 0 Å². The Morgan fingerprint density at radius 1 is 1.09 bits per heavy atom. The molecule has 2 aromatic heterocycles. The van der Waals surface area contributed by atoms with Crippen molar-refractivity contribution in [3.8, 4) is 40.0 Å². The average Bonchev–Trinajstić information content (AvgIpc) is 3.31. The summed E-state index contributed by atoms with van der Waals surface area (Å²) >= 11 is 0. The van der Waals surface area contributed by atoms with Crippen molar-refractivity contribution in [2.24, 2.45) is 7.05 Å². The number of halogens is 5. The summed E-state index contributed by atoms with van der Waals surface area (Å²) in [5.74, 6) is -4.90. The molecular weight excluding hydrogens is 629 g/mol. The third-order valence-electron chi connectivity index (χ3n) is 8.20. The van der Waals surface area contributed by atoms with E-state index in [-0.39, 0.29) is 61.3 Å². The van der Waals surface area contributed by atoms with Crippen LogP contribution in [-0.4, -0.2) is 81.2 Å². The maximum atomic E-state index is 14.2. The lowest BCUT2D eigenvalue weighted by Crippen LogP contribution is -2.34. The van der Waals surface area contributed by atoms with Gasteiger partial charge >= 0.3 is 6.61 Å². The van der Waals surface area contributed by atoms with Crippen LogP contribution in [0, 0.1) is 11.3 Å². The van der Waals surface area contributed by atoms with Crippen LogP contribution in [-0.2, 0) is 18.4 Å². The number of hydrogen-bond acceptors (Lipinski definition) is 7. The number of ether oxygens (including phenoxy) is 2. The van der Waals surface area contributed by atoms with Gasteiger partial charge in [-0.2, -0.15) is 24.2 Å². The van der Waals surface area contributed by atoms with Crippen LogP contribution >= 0.6 is 0 Å². The van der Waals surface area contributed by atoms with Gasteiger partial charge in [0.1, 0.15) is 29.3 Å². The number of aromatic nitrogens is 4. The van der Waals surface area contributed by atoms with Crippen molar-refractivity contribution in [3.05, 3.63) is 47.8 Å². The molecule has 1 saturated carbocycles. The predicted octanol–water partition coefficient (Wildman–Crippen LogP) is 4.68. The molecule has 2 aromatic carbocycles. The molecule has 4 aromatic rings.